The number of hydrogen-bond acceptors (Lipinski definition) is 2. The van der Waals surface area contributed by atoms with Gasteiger partial charge in [0.05, 0.1) is 0 Å². The number of fused-ring (bicyclic) bond motifs is 1. The summed E-state index contributed by atoms with van der Waals surface area (Å²) in [7, 11) is 0. The second-order valence-corrected chi connectivity index (χ2v) is 5.02. The minimum Gasteiger partial charge on any atom is -0.370 e. The lowest BCUT2D eigenvalue weighted by Crippen LogP contribution is -2.24. The summed E-state index contributed by atoms with van der Waals surface area (Å²) in [4.78, 5) is 22.5. The molecular formula is C15H20N2O2. The lowest BCUT2D eigenvalue weighted by atomic mass is 10.1. The molecule has 1 aliphatic carbocycles. The number of rotatable bonds is 6. The molecule has 0 fully saturated rings. The van der Waals surface area contributed by atoms with Crippen LogP contribution in [0.25, 0.3) is 0 Å². The molecule has 4 heteroatoms. The number of nitrogens with one attached hydrogen (secondary N) is 1. The van der Waals surface area contributed by atoms with Crippen molar-refractivity contribution in [3.8, 4) is 0 Å². The molecule has 1 aliphatic rings. The minimum absolute atomic E-state index is 0.0335. The van der Waals surface area contributed by atoms with E-state index in [0.29, 0.717) is 13.0 Å². The van der Waals surface area contributed by atoms with Crippen molar-refractivity contribution in [2.24, 2.45) is 5.73 Å². The van der Waals surface area contributed by atoms with E-state index in [1.165, 1.54) is 17.5 Å². The van der Waals surface area contributed by atoms with Gasteiger partial charge in [-0.1, -0.05) is 6.07 Å². The highest BCUT2D eigenvalue weighted by molar-refractivity contribution is 5.94. The molecule has 4 nitrogen and oxygen atoms in total. The lowest BCUT2D eigenvalue weighted by Gasteiger charge is -2.06. The maximum Gasteiger partial charge on any atom is 0.251 e. The van der Waals surface area contributed by atoms with E-state index >= 15 is 0 Å². The van der Waals surface area contributed by atoms with E-state index in [2.05, 4.69) is 11.4 Å². The summed E-state index contributed by atoms with van der Waals surface area (Å²) < 4.78 is 0. The largest absolute Gasteiger partial charge is 0.370 e. The number of primary amides is 1. The van der Waals surface area contributed by atoms with Crippen molar-refractivity contribution in [1.29, 1.82) is 0 Å². The number of benzene rings is 1. The Hall–Kier alpha value is -1.84. The van der Waals surface area contributed by atoms with Crippen molar-refractivity contribution in [2.45, 2.75) is 38.5 Å². The number of hydrogen-bond donors (Lipinski definition) is 2. The molecule has 0 aliphatic heterocycles. The summed E-state index contributed by atoms with van der Waals surface area (Å²) in [5, 5.41) is 2.87. The van der Waals surface area contributed by atoms with E-state index in [1.54, 1.807) is 0 Å². The topological polar surface area (TPSA) is 72.2 Å². The van der Waals surface area contributed by atoms with Crippen LogP contribution in [0.1, 0.15) is 47.2 Å². The molecule has 1 aromatic carbocycles. The Labute approximate surface area is 113 Å². The van der Waals surface area contributed by atoms with Gasteiger partial charge < -0.3 is 11.1 Å². The first-order valence-corrected chi connectivity index (χ1v) is 6.85. The molecule has 0 atom stereocenters. The van der Waals surface area contributed by atoms with Crippen LogP contribution in [0.4, 0.5) is 0 Å². The number of unbranched alkanes of at least 4 members (excludes halogenated alkanes) is 1. The molecule has 19 heavy (non-hydrogen) atoms. The van der Waals surface area contributed by atoms with E-state index < -0.39 is 0 Å². The van der Waals surface area contributed by atoms with Gasteiger partial charge in [-0.25, -0.2) is 0 Å². The highest BCUT2D eigenvalue weighted by Gasteiger charge is 2.13. The van der Waals surface area contributed by atoms with Crippen molar-refractivity contribution in [3.63, 3.8) is 0 Å². The first-order valence-electron chi connectivity index (χ1n) is 6.85. The summed E-state index contributed by atoms with van der Waals surface area (Å²) >= 11 is 0. The Morgan fingerprint density at radius 1 is 1.16 bits per heavy atom. The number of aryl methyl sites for hydroxylation is 2. The van der Waals surface area contributed by atoms with Crippen molar-refractivity contribution in [2.75, 3.05) is 6.54 Å². The molecule has 2 amide bonds. The van der Waals surface area contributed by atoms with Crippen molar-refractivity contribution in [3.05, 3.63) is 34.9 Å². The monoisotopic (exact) mass is 260 g/mol. The van der Waals surface area contributed by atoms with Gasteiger partial charge in [-0.05, 0) is 55.4 Å². The second-order valence-electron chi connectivity index (χ2n) is 5.02. The molecule has 3 N–H and O–H groups in total. The average Bonchev–Trinajstić information content (AvgIpc) is 2.84. The molecule has 0 bridgehead atoms. The Morgan fingerprint density at radius 2 is 1.95 bits per heavy atom. The SMILES string of the molecule is NC(=O)CCCCNC(=O)c1ccc2c(c1)CCC2. The Morgan fingerprint density at radius 3 is 2.74 bits per heavy atom. The first-order chi connectivity index (χ1) is 9.16. The van der Waals surface area contributed by atoms with Crippen LogP contribution in [-0.2, 0) is 17.6 Å². The van der Waals surface area contributed by atoms with Gasteiger partial charge in [0.15, 0.2) is 0 Å². The van der Waals surface area contributed by atoms with Gasteiger partial charge in [-0.15, -0.1) is 0 Å². The number of carbonyl (C=O) groups is 2. The van der Waals surface area contributed by atoms with Crippen LogP contribution >= 0.6 is 0 Å². The molecule has 0 radical (unpaired) electrons. The summed E-state index contributed by atoms with van der Waals surface area (Å²) in [6.07, 6.45) is 5.28. The summed E-state index contributed by atoms with van der Waals surface area (Å²) in [6, 6.07) is 5.95. The van der Waals surface area contributed by atoms with Crippen molar-refractivity contribution < 1.29 is 9.59 Å². The summed E-state index contributed by atoms with van der Waals surface area (Å²) in [5.41, 5.74) is 8.46. The predicted molar refractivity (Wildman–Crippen MR) is 73.8 cm³/mol. The Kier molecular flexibility index (Phi) is 4.55. The summed E-state index contributed by atoms with van der Waals surface area (Å²) in [5.74, 6) is -0.321. The van der Waals surface area contributed by atoms with Gasteiger partial charge in [0, 0.05) is 18.5 Å². The predicted octanol–water partition coefficient (Wildman–Crippen LogP) is 1.56. The Balaban J connectivity index is 1.78. The molecule has 2 rings (SSSR count). The van der Waals surface area contributed by atoms with Crippen LogP contribution in [0, 0.1) is 0 Å². The third-order valence-electron chi connectivity index (χ3n) is 3.50. The van der Waals surface area contributed by atoms with Gasteiger partial charge in [-0.3, -0.25) is 9.59 Å². The van der Waals surface area contributed by atoms with E-state index in [-0.39, 0.29) is 11.8 Å². The first kappa shape index (κ1) is 13.6. The van der Waals surface area contributed by atoms with E-state index in [9.17, 15) is 9.59 Å². The molecular weight excluding hydrogens is 240 g/mol. The molecule has 0 heterocycles. The van der Waals surface area contributed by atoms with Gasteiger partial charge in [0.1, 0.15) is 0 Å². The van der Waals surface area contributed by atoms with Gasteiger partial charge in [0.25, 0.3) is 5.91 Å². The standard InChI is InChI=1S/C15H20N2O2/c16-14(18)6-1-2-9-17-15(19)13-8-7-11-4-3-5-12(11)10-13/h7-8,10H,1-6,9H2,(H2,16,18)(H,17,19). The number of nitrogens with two attached hydrogens (primary N) is 1. The fourth-order valence-corrected chi connectivity index (χ4v) is 2.44. The smallest absolute Gasteiger partial charge is 0.251 e. The highest BCUT2D eigenvalue weighted by Crippen LogP contribution is 2.22. The zero-order chi connectivity index (χ0) is 13.7. The summed E-state index contributed by atoms with van der Waals surface area (Å²) in [6.45, 7) is 0.587. The molecule has 0 unspecified atom stereocenters. The molecule has 0 spiro atoms. The maximum atomic E-state index is 11.9. The minimum atomic E-state index is -0.287. The fourth-order valence-electron chi connectivity index (χ4n) is 2.44. The van der Waals surface area contributed by atoms with E-state index in [0.717, 1.165) is 31.2 Å². The maximum absolute atomic E-state index is 11.9. The highest BCUT2D eigenvalue weighted by atomic mass is 16.2. The Bertz CT molecular complexity index is 483. The number of carbonyl (C=O) groups excluding carboxylic acids is 2. The van der Waals surface area contributed by atoms with E-state index in [1.807, 2.05) is 12.1 Å². The van der Waals surface area contributed by atoms with Crippen LogP contribution in [0.15, 0.2) is 18.2 Å². The van der Waals surface area contributed by atoms with E-state index in [4.69, 9.17) is 5.73 Å². The van der Waals surface area contributed by atoms with Crippen LogP contribution < -0.4 is 11.1 Å². The second kappa shape index (κ2) is 6.36. The van der Waals surface area contributed by atoms with Crippen molar-refractivity contribution in [1.82, 2.24) is 5.32 Å². The van der Waals surface area contributed by atoms with Crippen LogP contribution in [0.2, 0.25) is 0 Å². The zero-order valence-corrected chi connectivity index (χ0v) is 11.1. The number of amides is 2. The normalized spacial score (nSPS) is 13.1. The van der Waals surface area contributed by atoms with Crippen LogP contribution in [-0.4, -0.2) is 18.4 Å². The van der Waals surface area contributed by atoms with Gasteiger partial charge in [-0.2, -0.15) is 0 Å². The quantitative estimate of drug-likeness (QED) is 0.762. The fraction of sp³-hybridized carbons (Fsp3) is 0.467. The molecule has 0 saturated carbocycles. The molecule has 102 valence electrons. The molecule has 1 aromatic rings. The molecule has 0 aromatic heterocycles. The third kappa shape index (κ3) is 3.81. The van der Waals surface area contributed by atoms with Crippen molar-refractivity contribution >= 4 is 11.8 Å². The third-order valence-corrected chi connectivity index (χ3v) is 3.50. The lowest BCUT2D eigenvalue weighted by molar-refractivity contribution is -0.118. The molecule has 0 saturated heterocycles. The average molecular weight is 260 g/mol. The van der Waals surface area contributed by atoms with Gasteiger partial charge in [0.2, 0.25) is 5.91 Å². The zero-order valence-electron chi connectivity index (χ0n) is 11.1. The van der Waals surface area contributed by atoms with Crippen LogP contribution in [0.5, 0.6) is 0 Å². The van der Waals surface area contributed by atoms with Gasteiger partial charge >= 0.3 is 0 Å². The van der Waals surface area contributed by atoms with Crippen LogP contribution in [0.3, 0.4) is 0 Å².